The number of fused-ring (bicyclic) bond motifs is 1. The summed E-state index contributed by atoms with van der Waals surface area (Å²) in [5.74, 6) is 2.27. The fraction of sp³-hybridized carbons (Fsp3) is 0.409. The lowest BCUT2D eigenvalue weighted by Gasteiger charge is -2.19. The molecule has 1 atom stereocenters. The van der Waals surface area contributed by atoms with Crippen LogP contribution in [0.1, 0.15) is 36.5 Å². The molecule has 0 unspecified atom stereocenters. The summed E-state index contributed by atoms with van der Waals surface area (Å²) >= 11 is 13.8. The number of hydrogen-bond donors (Lipinski definition) is 1. The molecule has 6 heteroatoms. The number of rotatable bonds is 8. The Kier molecular flexibility index (Phi) is 7.95. The predicted octanol–water partition coefficient (Wildman–Crippen LogP) is 5.69. The van der Waals surface area contributed by atoms with Crippen molar-refractivity contribution < 1.29 is 9.53 Å². The first kappa shape index (κ1) is 21.4. The van der Waals surface area contributed by atoms with E-state index in [1.165, 1.54) is 24.0 Å². The molecule has 2 aromatic carbocycles. The number of benzene rings is 2. The number of amides is 1. The number of carbonyl (C=O) groups excluding carboxylic acids is 1. The molecule has 1 aliphatic carbocycles. The highest BCUT2D eigenvalue weighted by Gasteiger charge is 2.16. The molecule has 0 aromatic heterocycles. The number of halogens is 2. The molecule has 0 radical (unpaired) electrons. The standard InChI is InChI=1S/C22H25Cl2NO2S/c1-15(27-20-9-7-16-4-2-3-5-17(16)12-20)22(26)25-10-11-28-14-18-6-8-19(23)13-21(18)24/h6-9,12-13,15H,2-5,10-11,14H2,1H3,(H,25,26)/t15-/m1/s1. The van der Waals surface area contributed by atoms with Gasteiger partial charge in [0.05, 0.1) is 0 Å². The van der Waals surface area contributed by atoms with Gasteiger partial charge in [-0.05, 0) is 73.6 Å². The Hall–Kier alpha value is -1.36. The minimum Gasteiger partial charge on any atom is -0.481 e. The Morgan fingerprint density at radius 2 is 1.93 bits per heavy atom. The quantitative estimate of drug-likeness (QED) is 0.538. The Morgan fingerprint density at radius 3 is 2.71 bits per heavy atom. The SMILES string of the molecule is C[C@@H](Oc1ccc2c(c1)CCCC2)C(=O)NCCSCc1ccc(Cl)cc1Cl. The first-order valence-electron chi connectivity index (χ1n) is 9.61. The number of hydrogen-bond acceptors (Lipinski definition) is 3. The summed E-state index contributed by atoms with van der Waals surface area (Å²) in [6, 6.07) is 11.7. The maximum absolute atomic E-state index is 12.3. The van der Waals surface area contributed by atoms with Crippen LogP contribution in [0, 0.1) is 0 Å². The predicted molar refractivity (Wildman–Crippen MR) is 119 cm³/mol. The molecule has 0 heterocycles. The van der Waals surface area contributed by atoms with Crippen molar-refractivity contribution in [2.75, 3.05) is 12.3 Å². The summed E-state index contributed by atoms with van der Waals surface area (Å²) in [6.45, 7) is 2.38. The van der Waals surface area contributed by atoms with Crippen LogP contribution in [-0.2, 0) is 23.4 Å². The molecule has 1 amide bonds. The summed E-state index contributed by atoms with van der Waals surface area (Å²) in [6.07, 6.45) is 4.21. The molecule has 2 aromatic rings. The van der Waals surface area contributed by atoms with Gasteiger partial charge in [0.1, 0.15) is 5.75 Å². The summed E-state index contributed by atoms with van der Waals surface area (Å²) in [5, 5.41) is 4.25. The maximum atomic E-state index is 12.3. The number of ether oxygens (including phenoxy) is 1. The van der Waals surface area contributed by atoms with Crippen molar-refractivity contribution in [1.29, 1.82) is 0 Å². The molecule has 3 nitrogen and oxygen atoms in total. The Labute approximate surface area is 181 Å². The zero-order valence-corrected chi connectivity index (χ0v) is 18.3. The molecule has 1 N–H and O–H groups in total. The van der Waals surface area contributed by atoms with Crippen molar-refractivity contribution in [1.82, 2.24) is 5.32 Å². The largest absolute Gasteiger partial charge is 0.481 e. The number of nitrogens with one attached hydrogen (secondary N) is 1. The van der Waals surface area contributed by atoms with E-state index >= 15 is 0 Å². The molecule has 0 saturated carbocycles. The molecule has 0 saturated heterocycles. The van der Waals surface area contributed by atoms with Gasteiger partial charge in [0.15, 0.2) is 6.10 Å². The number of aryl methyl sites for hydroxylation is 2. The van der Waals surface area contributed by atoms with Crippen LogP contribution in [0.4, 0.5) is 0 Å². The Balaban J connectivity index is 1.38. The highest BCUT2D eigenvalue weighted by molar-refractivity contribution is 7.98. The fourth-order valence-electron chi connectivity index (χ4n) is 3.25. The van der Waals surface area contributed by atoms with Crippen LogP contribution in [0.25, 0.3) is 0 Å². The molecular weight excluding hydrogens is 413 g/mol. The minimum atomic E-state index is -0.516. The van der Waals surface area contributed by atoms with Crippen LogP contribution in [0.2, 0.25) is 10.0 Å². The average molecular weight is 438 g/mol. The topological polar surface area (TPSA) is 38.3 Å². The van der Waals surface area contributed by atoms with Gasteiger partial charge in [-0.2, -0.15) is 11.8 Å². The highest BCUT2D eigenvalue weighted by Crippen LogP contribution is 2.26. The molecule has 3 rings (SSSR count). The van der Waals surface area contributed by atoms with E-state index in [2.05, 4.69) is 17.4 Å². The van der Waals surface area contributed by atoms with Crippen LogP contribution in [0.5, 0.6) is 5.75 Å². The molecular formula is C22H25Cl2NO2S. The van der Waals surface area contributed by atoms with E-state index in [4.69, 9.17) is 27.9 Å². The van der Waals surface area contributed by atoms with E-state index in [0.29, 0.717) is 16.6 Å². The Bertz CT molecular complexity index is 828. The fourth-order valence-corrected chi connectivity index (χ4v) is 4.67. The third kappa shape index (κ3) is 6.07. The van der Waals surface area contributed by atoms with Gasteiger partial charge in [-0.25, -0.2) is 0 Å². The van der Waals surface area contributed by atoms with Crippen LogP contribution < -0.4 is 10.1 Å². The molecule has 150 valence electrons. The first-order valence-corrected chi connectivity index (χ1v) is 11.5. The summed E-state index contributed by atoms with van der Waals surface area (Å²) < 4.78 is 5.85. The van der Waals surface area contributed by atoms with Crippen molar-refractivity contribution in [2.45, 2.75) is 44.5 Å². The van der Waals surface area contributed by atoms with Gasteiger partial charge in [0.2, 0.25) is 0 Å². The van der Waals surface area contributed by atoms with Gasteiger partial charge in [0, 0.05) is 28.1 Å². The van der Waals surface area contributed by atoms with Crippen LogP contribution >= 0.6 is 35.0 Å². The van der Waals surface area contributed by atoms with Crippen molar-refractivity contribution in [2.24, 2.45) is 0 Å². The van der Waals surface area contributed by atoms with Crippen molar-refractivity contribution >= 4 is 40.9 Å². The second kappa shape index (κ2) is 10.4. The zero-order valence-electron chi connectivity index (χ0n) is 16.0. The van der Waals surface area contributed by atoms with Crippen molar-refractivity contribution in [3.63, 3.8) is 0 Å². The lowest BCUT2D eigenvalue weighted by molar-refractivity contribution is -0.127. The first-order chi connectivity index (χ1) is 13.5. The highest BCUT2D eigenvalue weighted by atomic mass is 35.5. The van der Waals surface area contributed by atoms with Crippen molar-refractivity contribution in [3.05, 3.63) is 63.1 Å². The van der Waals surface area contributed by atoms with E-state index in [9.17, 15) is 4.79 Å². The summed E-state index contributed by atoms with van der Waals surface area (Å²) in [5.41, 5.74) is 3.81. The number of carbonyl (C=O) groups is 1. The van der Waals surface area contributed by atoms with Gasteiger partial charge in [-0.15, -0.1) is 0 Å². The van der Waals surface area contributed by atoms with Gasteiger partial charge >= 0.3 is 0 Å². The van der Waals surface area contributed by atoms with E-state index in [1.54, 1.807) is 24.8 Å². The van der Waals surface area contributed by atoms with Gasteiger partial charge in [-0.3, -0.25) is 4.79 Å². The van der Waals surface area contributed by atoms with E-state index < -0.39 is 6.10 Å². The average Bonchev–Trinajstić information content (AvgIpc) is 2.69. The maximum Gasteiger partial charge on any atom is 0.260 e. The smallest absolute Gasteiger partial charge is 0.260 e. The van der Waals surface area contributed by atoms with Crippen LogP contribution in [0.15, 0.2) is 36.4 Å². The van der Waals surface area contributed by atoms with Crippen LogP contribution in [-0.4, -0.2) is 24.3 Å². The summed E-state index contributed by atoms with van der Waals surface area (Å²) in [7, 11) is 0. The third-order valence-electron chi connectivity index (χ3n) is 4.82. The van der Waals surface area contributed by atoms with E-state index in [-0.39, 0.29) is 5.91 Å². The molecule has 0 bridgehead atoms. The third-order valence-corrected chi connectivity index (χ3v) is 6.42. The molecule has 0 spiro atoms. The second-order valence-electron chi connectivity index (χ2n) is 6.98. The number of thioether (sulfide) groups is 1. The Morgan fingerprint density at radius 1 is 1.14 bits per heavy atom. The lowest BCUT2D eigenvalue weighted by Crippen LogP contribution is -2.37. The van der Waals surface area contributed by atoms with Crippen molar-refractivity contribution in [3.8, 4) is 5.75 Å². The molecule has 28 heavy (non-hydrogen) atoms. The van der Waals surface area contributed by atoms with E-state index in [1.807, 2.05) is 18.2 Å². The summed E-state index contributed by atoms with van der Waals surface area (Å²) in [4.78, 5) is 12.3. The van der Waals surface area contributed by atoms with Crippen LogP contribution in [0.3, 0.4) is 0 Å². The molecule has 0 aliphatic heterocycles. The minimum absolute atomic E-state index is 0.0946. The van der Waals surface area contributed by atoms with E-state index in [0.717, 1.165) is 35.7 Å². The van der Waals surface area contributed by atoms with Gasteiger partial charge < -0.3 is 10.1 Å². The van der Waals surface area contributed by atoms with Gasteiger partial charge in [0.25, 0.3) is 5.91 Å². The molecule has 0 fully saturated rings. The zero-order chi connectivity index (χ0) is 19.9. The molecule has 1 aliphatic rings. The normalized spacial score (nSPS) is 14.2. The van der Waals surface area contributed by atoms with Gasteiger partial charge in [-0.1, -0.05) is 35.3 Å². The second-order valence-corrected chi connectivity index (χ2v) is 8.93. The monoisotopic (exact) mass is 437 g/mol. The lowest BCUT2D eigenvalue weighted by atomic mass is 9.92.